The zero-order chi connectivity index (χ0) is 14.5. The Kier molecular flexibility index (Phi) is 4.73. The van der Waals surface area contributed by atoms with Crippen LogP contribution in [0.5, 0.6) is 0 Å². The number of anilines is 1. The molecule has 2 aromatic heterocycles. The van der Waals surface area contributed by atoms with Gasteiger partial charge in [0.25, 0.3) is 0 Å². The Labute approximate surface area is 121 Å². The van der Waals surface area contributed by atoms with Crippen LogP contribution in [0.3, 0.4) is 0 Å². The van der Waals surface area contributed by atoms with E-state index in [1.165, 1.54) is 0 Å². The second kappa shape index (κ2) is 6.51. The Morgan fingerprint density at radius 1 is 1.50 bits per heavy atom. The molecule has 0 saturated heterocycles. The van der Waals surface area contributed by atoms with Crippen molar-refractivity contribution in [1.82, 2.24) is 25.5 Å². The first-order chi connectivity index (χ1) is 9.60. The van der Waals surface area contributed by atoms with Gasteiger partial charge in [0.15, 0.2) is 5.65 Å². The van der Waals surface area contributed by atoms with Crippen molar-refractivity contribution in [2.75, 3.05) is 11.9 Å². The van der Waals surface area contributed by atoms with Gasteiger partial charge in [-0.2, -0.15) is 15.1 Å². The van der Waals surface area contributed by atoms with Crippen LogP contribution in [0.15, 0.2) is 6.20 Å². The van der Waals surface area contributed by atoms with E-state index in [1.54, 1.807) is 6.20 Å². The molecule has 3 N–H and O–H groups in total. The van der Waals surface area contributed by atoms with Gasteiger partial charge in [-0.05, 0) is 24.9 Å². The molecule has 108 valence electrons. The number of hydrogen-bond donors (Lipinski definition) is 3. The SMILES string of the molecule is CCC(C)NC(=O)CCNc1nc(Cl)nc2[nH]ncc12. The molecule has 0 saturated carbocycles. The third-order valence-corrected chi connectivity index (χ3v) is 3.12. The van der Waals surface area contributed by atoms with Crippen LogP contribution in [-0.2, 0) is 4.79 Å². The van der Waals surface area contributed by atoms with Crippen molar-refractivity contribution in [3.8, 4) is 0 Å². The zero-order valence-electron chi connectivity index (χ0n) is 11.4. The molecular formula is C12H17ClN6O. The Hall–Kier alpha value is -1.89. The minimum Gasteiger partial charge on any atom is -0.369 e. The number of H-pyrrole nitrogens is 1. The van der Waals surface area contributed by atoms with Gasteiger partial charge in [-0.1, -0.05) is 6.92 Å². The number of aromatic nitrogens is 4. The third kappa shape index (κ3) is 3.57. The number of hydrogen-bond acceptors (Lipinski definition) is 5. The minimum absolute atomic E-state index is 0.00967. The van der Waals surface area contributed by atoms with Crippen molar-refractivity contribution in [1.29, 1.82) is 0 Å². The number of aromatic amines is 1. The standard InChI is InChI=1S/C12H17ClN6O/c1-3-7(2)16-9(20)4-5-14-10-8-6-15-19-11(8)18-12(13)17-10/h6-7H,3-5H2,1-2H3,(H,16,20)(H2,14,15,17,18,19). The molecule has 1 atom stereocenters. The van der Waals surface area contributed by atoms with Crippen LogP contribution in [0.25, 0.3) is 11.0 Å². The van der Waals surface area contributed by atoms with Crippen LogP contribution in [0.1, 0.15) is 26.7 Å². The fourth-order valence-electron chi connectivity index (χ4n) is 1.69. The van der Waals surface area contributed by atoms with Gasteiger partial charge in [0.1, 0.15) is 5.82 Å². The summed E-state index contributed by atoms with van der Waals surface area (Å²) in [5, 5.41) is 13.5. The molecule has 2 aromatic rings. The van der Waals surface area contributed by atoms with E-state index in [9.17, 15) is 4.79 Å². The Bertz CT molecular complexity index is 599. The number of halogens is 1. The van der Waals surface area contributed by atoms with Crippen molar-refractivity contribution in [3.05, 3.63) is 11.5 Å². The smallest absolute Gasteiger partial charge is 0.226 e. The van der Waals surface area contributed by atoms with E-state index in [1.807, 2.05) is 13.8 Å². The summed E-state index contributed by atoms with van der Waals surface area (Å²) >= 11 is 5.82. The molecule has 8 heteroatoms. The predicted octanol–water partition coefficient (Wildman–Crippen LogP) is 1.72. The zero-order valence-corrected chi connectivity index (χ0v) is 12.2. The second-order valence-corrected chi connectivity index (χ2v) is 4.87. The van der Waals surface area contributed by atoms with Crippen LogP contribution >= 0.6 is 11.6 Å². The maximum Gasteiger partial charge on any atom is 0.226 e. The maximum atomic E-state index is 11.7. The highest BCUT2D eigenvalue weighted by atomic mass is 35.5. The van der Waals surface area contributed by atoms with Gasteiger partial charge in [-0.3, -0.25) is 9.89 Å². The Morgan fingerprint density at radius 3 is 3.05 bits per heavy atom. The molecule has 0 aromatic carbocycles. The van der Waals surface area contributed by atoms with E-state index >= 15 is 0 Å². The lowest BCUT2D eigenvalue weighted by atomic mass is 10.2. The van der Waals surface area contributed by atoms with Gasteiger partial charge < -0.3 is 10.6 Å². The van der Waals surface area contributed by atoms with E-state index in [0.29, 0.717) is 24.4 Å². The van der Waals surface area contributed by atoms with Crippen molar-refractivity contribution in [3.63, 3.8) is 0 Å². The normalized spacial score (nSPS) is 12.3. The molecule has 2 heterocycles. The predicted molar refractivity (Wildman–Crippen MR) is 77.7 cm³/mol. The first kappa shape index (κ1) is 14.5. The summed E-state index contributed by atoms with van der Waals surface area (Å²) in [4.78, 5) is 19.8. The highest BCUT2D eigenvalue weighted by molar-refractivity contribution is 6.28. The van der Waals surface area contributed by atoms with Crippen molar-refractivity contribution >= 4 is 34.4 Å². The highest BCUT2D eigenvalue weighted by Crippen LogP contribution is 2.19. The van der Waals surface area contributed by atoms with Gasteiger partial charge in [0.2, 0.25) is 11.2 Å². The quantitative estimate of drug-likeness (QED) is 0.706. The fraction of sp³-hybridized carbons (Fsp3) is 0.500. The molecule has 1 unspecified atom stereocenters. The monoisotopic (exact) mass is 296 g/mol. The summed E-state index contributed by atoms with van der Waals surface area (Å²) in [5.74, 6) is 0.584. The van der Waals surface area contributed by atoms with Crippen LogP contribution in [0.4, 0.5) is 5.82 Å². The molecule has 0 aliphatic rings. The van der Waals surface area contributed by atoms with Crippen LogP contribution in [0.2, 0.25) is 5.28 Å². The molecule has 0 radical (unpaired) electrons. The summed E-state index contributed by atoms with van der Waals surface area (Å²) in [6.07, 6.45) is 2.90. The molecular weight excluding hydrogens is 280 g/mol. The van der Waals surface area contributed by atoms with Crippen LogP contribution in [0, 0.1) is 0 Å². The van der Waals surface area contributed by atoms with Crippen molar-refractivity contribution in [2.24, 2.45) is 0 Å². The first-order valence-electron chi connectivity index (χ1n) is 6.50. The van der Waals surface area contributed by atoms with E-state index in [0.717, 1.165) is 11.8 Å². The van der Waals surface area contributed by atoms with Gasteiger partial charge >= 0.3 is 0 Å². The highest BCUT2D eigenvalue weighted by Gasteiger charge is 2.09. The maximum absolute atomic E-state index is 11.7. The molecule has 0 bridgehead atoms. The van der Waals surface area contributed by atoms with E-state index < -0.39 is 0 Å². The van der Waals surface area contributed by atoms with Crippen LogP contribution in [-0.4, -0.2) is 38.7 Å². The van der Waals surface area contributed by atoms with Crippen molar-refractivity contribution < 1.29 is 4.79 Å². The molecule has 0 fully saturated rings. The van der Waals surface area contributed by atoms with Gasteiger partial charge in [-0.25, -0.2) is 0 Å². The number of nitrogens with zero attached hydrogens (tertiary/aromatic N) is 3. The lowest BCUT2D eigenvalue weighted by Crippen LogP contribution is -2.33. The van der Waals surface area contributed by atoms with Gasteiger partial charge in [0, 0.05) is 19.0 Å². The largest absolute Gasteiger partial charge is 0.369 e. The van der Waals surface area contributed by atoms with E-state index in [2.05, 4.69) is 30.8 Å². The summed E-state index contributed by atoms with van der Waals surface area (Å²) < 4.78 is 0. The van der Waals surface area contributed by atoms with E-state index in [4.69, 9.17) is 11.6 Å². The average molecular weight is 297 g/mol. The molecule has 7 nitrogen and oxygen atoms in total. The molecule has 0 aliphatic carbocycles. The number of fused-ring (bicyclic) bond motifs is 1. The molecule has 20 heavy (non-hydrogen) atoms. The number of carbonyl (C=O) groups excluding carboxylic acids is 1. The summed E-state index contributed by atoms with van der Waals surface area (Å²) in [6.45, 7) is 4.47. The second-order valence-electron chi connectivity index (χ2n) is 4.53. The van der Waals surface area contributed by atoms with Gasteiger partial charge in [-0.15, -0.1) is 0 Å². The summed E-state index contributed by atoms with van der Waals surface area (Å²) in [5.41, 5.74) is 0.566. The number of rotatable bonds is 6. The molecule has 0 aliphatic heterocycles. The minimum atomic E-state index is 0.00967. The summed E-state index contributed by atoms with van der Waals surface area (Å²) in [7, 11) is 0. The Morgan fingerprint density at radius 2 is 2.30 bits per heavy atom. The number of amides is 1. The topological polar surface area (TPSA) is 95.6 Å². The van der Waals surface area contributed by atoms with Gasteiger partial charge in [0.05, 0.1) is 11.6 Å². The lowest BCUT2D eigenvalue weighted by Gasteiger charge is -2.11. The fourth-order valence-corrected chi connectivity index (χ4v) is 1.85. The molecule has 2 rings (SSSR count). The van der Waals surface area contributed by atoms with Crippen molar-refractivity contribution in [2.45, 2.75) is 32.7 Å². The number of nitrogens with one attached hydrogen (secondary N) is 3. The van der Waals surface area contributed by atoms with E-state index in [-0.39, 0.29) is 17.2 Å². The number of carbonyl (C=O) groups is 1. The Balaban J connectivity index is 1.93. The first-order valence-corrected chi connectivity index (χ1v) is 6.87. The third-order valence-electron chi connectivity index (χ3n) is 2.95. The van der Waals surface area contributed by atoms with Crippen LogP contribution < -0.4 is 10.6 Å². The molecule has 0 spiro atoms. The average Bonchev–Trinajstić information content (AvgIpc) is 2.86. The lowest BCUT2D eigenvalue weighted by molar-refractivity contribution is -0.121. The summed E-state index contributed by atoms with van der Waals surface area (Å²) in [6, 6.07) is 0.191. The molecule has 1 amide bonds.